The van der Waals surface area contributed by atoms with Crippen LogP contribution in [0, 0.1) is 13.8 Å². The second-order valence-electron chi connectivity index (χ2n) is 4.43. The molecule has 19 heavy (non-hydrogen) atoms. The first-order chi connectivity index (χ1) is 9.06. The number of nitrogen functional groups attached to an aromatic ring is 1. The number of rotatable bonds is 3. The highest BCUT2D eigenvalue weighted by atomic mass is 16.2. The van der Waals surface area contributed by atoms with Gasteiger partial charge in [-0.3, -0.25) is 14.9 Å². The number of carbonyl (C=O) groups excluding carboxylic acids is 1. The van der Waals surface area contributed by atoms with Crippen LogP contribution in [0.3, 0.4) is 0 Å². The highest BCUT2D eigenvalue weighted by Crippen LogP contribution is 2.07. The van der Waals surface area contributed by atoms with Gasteiger partial charge in [-0.15, -0.1) is 0 Å². The Balaban J connectivity index is 2.04. The van der Waals surface area contributed by atoms with Gasteiger partial charge in [-0.05, 0) is 49.8 Å². The number of nitrogens with two attached hydrogens (primary N) is 1. The third-order valence-corrected chi connectivity index (χ3v) is 2.86. The number of aryl methyl sites for hydroxylation is 2. The Morgan fingerprint density at radius 1 is 1.11 bits per heavy atom. The SMILES string of the molecule is Cc1ccc(C)n1NC(=O)/C=C/c1ccc(N)cc1. The van der Waals surface area contributed by atoms with Gasteiger partial charge in [0.15, 0.2) is 0 Å². The Morgan fingerprint density at radius 2 is 1.68 bits per heavy atom. The molecule has 0 aliphatic rings. The molecular weight excluding hydrogens is 238 g/mol. The molecule has 0 spiro atoms. The standard InChI is InChI=1S/C15H17N3O/c1-11-3-4-12(2)18(11)17-15(19)10-7-13-5-8-14(16)9-6-13/h3-10H,16H2,1-2H3,(H,17,19)/b10-7+. The summed E-state index contributed by atoms with van der Waals surface area (Å²) >= 11 is 0. The van der Waals surface area contributed by atoms with Crippen LogP contribution in [0.25, 0.3) is 6.08 Å². The molecule has 0 bridgehead atoms. The number of anilines is 1. The number of amides is 1. The predicted molar refractivity (Wildman–Crippen MR) is 78.2 cm³/mol. The molecule has 2 aromatic rings. The van der Waals surface area contributed by atoms with Gasteiger partial charge in [0.2, 0.25) is 0 Å². The van der Waals surface area contributed by atoms with Gasteiger partial charge in [-0.1, -0.05) is 12.1 Å². The first kappa shape index (κ1) is 13.0. The molecule has 4 nitrogen and oxygen atoms in total. The van der Waals surface area contributed by atoms with Crippen LogP contribution in [0.15, 0.2) is 42.5 Å². The number of aromatic nitrogens is 1. The number of nitrogens with one attached hydrogen (secondary N) is 1. The van der Waals surface area contributed by atoms with E-state index in [0.717, 1.165) is 17.0 Å². The van der Waals surface area contributed by atoms with E-state index >= 15 is 0 Å². The molecule has 1 heterocycles. The zero-order valence-electron chi connectivity index (χ0n) is 11.1. The molecule has 98 valence electrons. The van der Waals surface area contributed by atoms with Gasteiger partial charge < -0.3 is 5.73 Å². The minimum Gasteiger partial charge on any atom is -0.399 e. The van der Waals surface area contributed by atoms with E-state index in [1.165, 1.54) is 6.08 Å². The molecule has 0 saturated heterocycles. The molecule has 1 amide bonds. The Hall–Kier alpha value is -2.49. The fraction of sp³-hybridized carbons (Fsp3) is 0.133. The smallest absolute Gasteiger partial charge is 0.262 e. The van der Waals surface area contributed by atoms with Crippen LogP contribution < -0.4 is 11.2 Å². The summed E-state index contributed by atoms with van der Waals surface area (Å²) in [4.78, 5) is 11.8. The van der Waals surface area contributed by atoms with Crippen LogP contribution in [0.4, 0.5) is 5.69 Å². The van der Waals surface area contributed by atoms with Crippen LogP contribution in [0.1, 0.15) is 17.0 Å². The van der Waals surface area contributed by atoms with Gasteiger partial charge in [0.1, 0.15) is 0 Å². The number of hydrogen-bond acceptors (Lipinski definition) is 2. The average Bonchev–Trinajstić information content (AvgIpc) is 2.70. The highest BCUT2D eigenvalue weighted by Gasteiger charge is 2.02. The van der Waals surface area contributed by atoms with E-state index in [1.54, 1.807) is 22.9 Å². The second kappa shape index (κ2) is 5.44. The molecule has 2 rings (SSSR count). The topological polar surface area (TPSA) is 60.0 Å². The van der Waals surface area contributed by atoms with Gasteiger partial charge in [-0.25, -0.2) is 0 Å². The van der Waals surface area contributed by atoms with E-state index in [4.69, 9.17) is 5.73 Å². The largest absolute Gasteiger partial charge is 0.399 e. The van der Waals surface area contributed by atoms with E-state index in [1.807, 2.05) is 38.1 Å². The monoisotopic (exact) mass is 255 g/mol. The van der Waals surface area contributed by atoms with E-state index in [2.05, 4.69) is 5.43 Å². The van der Waals surface area contributed by atoms with Crippen molar-refractivity contribution in [3.8, 4) is 0 Å². The molecule has 0 fully saturated rings. The lowest BCUT2D eigenvalue weighted by Crippen LogP contribution is -2.22. The lowest BCUT2D eigenvalue weighted by atomic mass is 10.2. The molecule has 1 aromatic carbocycles. The summed E-state index contributed by atoms with van der Waals surface area (Å²) in [6.45, 7) is 3.88. The molecule has 0 saturated carbocycles. The molecule has 0 aliphatic carbocycles. The van der Waals surface area contributed by atoms with Crippen LogP contribution in [0.5, 0.6) is 0 Å². The van der Waals surface area contributed by atoms with Crippen LogP contribution in [0.2, 0.25) is 0 Å². The highest BCUT2D eigenvalue weighted by molar-refractivity contribution is 5.97. The fourth-order valence-electron chi connectivity index (χ4n) is 1.77. The average molecular weight is 255 g/mol. The zero-order chi connectivity index (χ0) is 13.8. The molecule has 3 N–H and O–H groups in total. The van der Waals surface area contributed by atoms with Gasteiger partial charge in [0, 0.05) is 23.2 Å². The summed E-state index contributed by atoms with van der Waals surface area (Å²) in [6, 6.07) is 11.3. The Labute approximate surface area is 112 Å². The van der Waals surface area contributed by atoms with Crippen molar-refractivity contribution in [3.63, 3.8) is 0 Å². The van der Waals surface area contributed by atoms with Crippen molar-refractivity contribution in [3.05, 3.63) is 59.4 Å². The number of carbonyl (C=O) groups is 1. The van der Waals surface area contributed by atoms with Crippen molar-refractivity contribution in [1.82, 2.24) is 4.68 Å². The third kappa shape index (κ3) is 3.25. The lowest BCUT2D eigenvalue weighted by molar-refractivity contribution is -0.112. The molecular formula is C15H17N3O. The zero-order valence-corrected chi connectivity index (χ0v) is 11.1. The van der Waals surface area contributed by atoms with E-state index in [0.29, 0.717) is 5.69 Å². The number of nitrogens with zero attached hydrogens (tertiary/aromatic N) is 1. The molecule has 1 aromatic heterocycles. The summed E-state index contributed by atoms with van der Waals surface area (Å²) < 4.78 is 1.76. The van der Waals surface area contributed by atoms with E-state index < -0.39 is 0 Å². The van der Waals surface area contributed by atoms with Crippen LogP contribution in [-0.2, 0) is 4.79 Å². The normalized spacial score (nSPS) is 10.8. The Kier molecular flexibility index (Phi) is 3.71. The summed E-state index contributed by atoms with van der Waals surface area (Å²) in [5.41, 5.74) is 12.0. The van der Waals surface area contributed by atoms with Gasteiger partial charge in [0.25, 0.3) is 5.91 Å². The Bertz CT molecular complexity index is 589. The molecule has 0 aliphatic heterocycles. The molecule has 0 atom stereocenters. The summed E-state index contributed by atoms with van der Waals surface area (Å²) in [6.07, 6.45) is 3.26. The minimum absolute atomic E-state index is 0.167. The van der Waals surface area contributed by atoms with Crippen molar-refractivity contribution >= 4 is 17.7 Å². The molecule has 4 heteroatoms. The van der Waals surface area contributed by atoms with Crippen molar-refractivity contribution in [1.29, 1.82) is 0 Å². The maximum absolute atomic E-state index is 11.8. The first-order valence-electron chi connectivity index (χ1n) is 6.06. The van der Waals surface area contributed by atoms with Crippen molar-refractivity contribution < 1.29 is 4.79 Å². The quantitative estimate of drug-likeness (QED) is 0.654. The van der Waals surface area contributed by atoms with Crippen molar-refractivity contribution in [2.45, 2.75) is 13.8 Å². The Morgan fingerprint density at radius 3 is 2.26 bits per heavy atom. The maximum atomic E-state index is 11.8. The van der Waals surface area contributed by atoms with Crippen molar-refractivity contribution in [2.24, 2.45) is 0 Å². The summed E-state index contributed by atoms with van der Waals surface area (Å²) in [7, 11) is 0. The minimum atomic E-state index is -0.167. The first-order valence-corrected chi connectivity index (χ1v) is 6.06. The lowest BCUT2D eigenvalue weighted by Gasteiger charge is -2.08. The van der Waals surface area contributed by atoms with Crippen LogP contribution >= 0.6 is 0 Å². The van der Waals surface area contributed by atoms with Crippen molar-refractivity contribution in [2.75, 3.05) is 11.2 Å². The fourth-order valence-corrected chi connectivity index (χ4v) is 1.77. The second-order valence-corrected chi connectivity index (χ2v) is 4.43. The van der Waals surface area contributed by atoms with E-state index in [9.17, 15) is 4.79 Å². The third-order valence-electron chi connectivity index (χ3n) is 2.86. The number of benzene rings is 1. The van der Waals surface area contributed by atoms with Crippen LogP contribution in [-0.4, -0.2) is 10.6 Å². The van der Waals surface area contributed by atoms with Gasteiger partial charge >= 0.3 is 0 Å². The summed E-state index contributed by atoms with van der Waals surface area (Å²) in [5.74, 6) is -0.167. The van der Waals surface area contributed by atoms with Gasteiger partial charge in [0.05, 0.1) is 0 Å². The predicted octanol–water partition coefficient (Wildman–Crippen LogP) is 2.47. The van der Waals surface area contributed by atoms with E-state index in [-0.39, 0.29) is 5.91 Å². The summed E-state index contributed by atoms with van der Waals surface area (Å²) in [5, 5.41) is 0. The maximum Gasteiger partial charge on any atom is 0.262 e. The number of hydrogen-bond donors (Lipinski definition) is 2. The molecule has 0 radical (unpaired) electrons. The molecule has 0 unspecified atom stereocenters. The van der Waals surface area contributed by atoms with Gasteiger partial charge in [-0.2, -0.15) is 0 Å².